The molecule has 5 nitrogen and oxygen atoms in total. The van der Waals surface area contributed by atoms with Crippen molar-refractivity contribution in [3.63, 3.8) is 0 Å². The van der Waals surface area contributed by atoms with Crippen molar-refractivity contribution >= 4 is 22.8 Å². The second-order valence-electron chi connectivity index (χ2n) is 5.76. The third-order valence-corrected chi connectivity index (χ3v) is 4.07. The number of nitrogens with one attached hydrogen (secondary N) is 2. The van der Waals surface area contributed by atoms with Gasteiger partial charge in [-0.05, 0) is 41.6 Å². The first-order valence-corrected chi connectivity index (χ1v) is 7.70. The van der Waals surface area contributed by atoms with Crippen molar-refractivity contribution in [1.29, 1.82) is 0 Å². The Morgan fingerprint density at radius 2 is 1.96 bits per heavy atom. The number of aromatic amines is 1. The topological polar surface area (TPSA) is 82.2 Å². The summed E-state index contributed by atoms with van der Waals surface area (Å²) in [6.45, 7) is 1.90. The Morgan fingerprint density at radius 1 is 1.17 bits per heavy atom. The molecule has 2 aromatic carbocycles. The number of benzene rings is 2. The number of fused-ring (bicyclic) bond motifs is 1. The summed E-state index contributed by atoms with van der Waals surface area (Å²) in [4.78, 5) is 26.8. The molecule has 0 aliphatic heterocycles. The summed E-state index contributed by atoms with van der Waals surface area (Å²) in [7, 11) is 0. The number of rotatable bonds is 5. The standard InChI is InChI=1S/C19H18N2O3/c1-12-4-2-3-5-15(12)17(11-18(22)23)21-19(24)14-7-6-13-8-9-20-16(13)10-14/h2-10,17,20H,11H2,1H3,(H,21,24)(H,22,23)/t17-/m0/s1. The van der Waals surface area contributed by atoms with Crippen LogP contribution in [0, 0.1) is 6.92 Å². The average Bonchev–Trinajstić information content (AvgIpc) is 3.01. The van der Waals surface area contributed by atoms with Crippen LogP contribution < -0.4 is 5.32 Å². The van der Waals surface area contributed by atoms with Crippen LogP contribution >= 0.6 is 0 Å². The van der Waals surface area contributed by atoms with Gasteiger partial charge in [0.05, 0.1) is 12.5 Å². The molecule has 3 N–H and O–H groups in total. The van der Waals surface area contributed by atoms with Crippen LogP contribution in [0.25, 0.3) is 10.9 Å². The summed E-state index contributed by atoms with van der Waals surface area (Å²) < 4.78 is 0. The van der Waals surface area contributed by atoms with Crippen LogP contribution in [-0.4, -0.2) is 22.0 Å². The van der Waals surface area contributed by atoms with Crippen LogP contribution in [0.5, 0.6) is 0 Å². The largest absolute Gasteiger partial charge is 0.481 e. The van der Waals surface area contributed by atoms with Crippen molar-refractivity contribution in [1.82, 2.24) is 10.3 Å². The number of hydrogen-bond acceptors (Lipinski definition) is 2. The summed E-state index contributed by atoms with van der Waals surface area (Å²) in [6.07, 6.45) is 1.65. The van der Waals surface area contributed by atoms with Crippen molar-refractivity contribution in [3.8, 4) is 0 Å². The minimum absolute atomic E-state index is 0.165. The van der Waals surface area contributed by atoms with Gasteiger partial charge < -0.3 is 15.4 Å². The number of carboxylic acid groups (broad SMARTS) is 1. The van der Waals surface area contributed by atoms with Gasteiger partial charge in [-0.25, -0.2) is 0 Å². The molecule has 0 radical (unpaired) electrons. The van der Waals surface area contributed by atoms with E-state index in [0.717, 1.165) is 22.0 Å². The number of aryl methyl sites for hydroxylation is 1. The average molecular weight is 322 g/mol. The molecule has 3 rings (SSSR count). The van der Waals surface area contributed by atoms with E-state index in [1.165, 1.54) is 0 Å². The van der Waals surface area contributed by atoms with Gasteiger partial charge in [0.1, 0.15) is 0 Å². The minimum atomic E-state index is -0.955. The molecule has 0 spiro atoms. The lowest BCUT2D eigenvalue weighted by Gasteiger charge is -2.19. The van der Waals surface area contributed by atoms with Gasteiger partial charge in [0.2, 0.25) is 0 Å². The molecule has 1 atom stereocenters. The third kappa shape index (κ3) is 3.30. The molecule has 0 bridgehead atoms. The van der Waals surface area contributed by atoms with Crippen LogP contribution in [0.2, 0.25) is 0 Å². The molecule has 0 aliphatic carbocycles. The van der Waals surface area contributed by atoms with Gasteiger partial charge >= 0.3 is 5.97 Å². The van der Waals surface area contributed by atoms with Gasteiger partial charge in [-0.3, -0.25) is 9.59 Å². The minimum Gasteiger partial charge on any atom is -0.481 e. The van der Waals surface area contributed by atoms with Gasteiger partial charge in [0, 0.05) is 17.3 Å². The van der Waals surface area contributed by atoms with Crippen LogP contribution in [0.4, 0.5) is 0 Å². The summed E-state index contributed by atoms with van der Waals surface area (Å²) in [5.74, 6) is -1.25. The molecule has 0 unspecified atom stereocenters. The summed E-state index contributed by atoms with van der Waals surface area (Å²) in [5, 5.41) is 13.0. The first-order chi connectivity index (χ1) is 11.5. The highest BCUT2D eigenvalue weighted by molar-refractivity contribution is 5.98. The zero-order valence-electron chi connectivity index (χ0n) is 13.2. The fourth-order valence-electron chi connectivity index (χ4n) is 2.82. The number of carboxylic acids is 1. The highest BCUT2D eigenvalue weighted by Crippen LogP contribution is 2.22. The van der Waals surface area contributed by atoms with Crippen LogP contribution in [-0.2, 0) is 4.79 Å². The molecule has 1 heterocycles. The lowest BCUT2D eigenvalue weighted by atomic mass is 9.98. The highest BCUT2D eigenvalue weighted by Gasteiger charge is 2.20. The normalized spacial score (nSPS) is 12.0. The fourth-order valence-corrected chi connectivity index (χ4v) is 2.82. The van der Waals surface area contributed by atoms with Gasteiger partial charge in [-0.15, -0.1) is 0 Å². The maximum Gasteiger partial charge on any atom is 0.305 e. The summed E-state index contributed by atoms with van der Waals surface area (Å²) in [6, 6.07) is 14.2. The van der Waals surface area contributed by atoms with Crippen LogP contribution in [0.1, 0.15) is 33.9 Å². The van der Waals surface area contributed by atoms with E-state index < -0.39 is 12.0 Å². The number of amides is 1. The van der Waals surface area contributed by atoms with E-state index >= 15 is 0 Å². The van der Waals surface area contributed by atoms with Crippen molar-refractivity contribution in [2.24, 2.45) is 0 Å². The smallest absolute Gasteiger partial charge is 0.305 e. The lowest BCUT2D eigenvalue weighted by molar-refractivity contribution is -0.137. The molecule has 0 aliphatic rings. The molecular formula is C19H18N2O3. The number of aliphatic carboxylic acids is 1. The maximum atomic E-state index is 12.6. The van der Waals surface area contributed by atoms with E-state index in [9.17, 15) is 14.7 Å². The third-order valence-electron chi connectivity index (χ3n) is 4.07. The van der Waals surface area contributed by atoms with E-state index in [1.54, 1.807) is 12.1 Å². The molecule has 0 saturated heterocycles. The van der Waals surface area contributed by atoms with E-state index in [4.69, 9.17) is 0 Å². The lowest BCUT2D eigenvalue weighted by Crippen LogP contribution is -2.30. The number of aromatic nitrogens is 1. The predicted octanol–water partition coefficient (Wildman–Crippen LogP) is 3.42. The Balaban J connectivity index is 1.87. The zero-order valence-corrected chi connectivity index (χ0v) is 13.2. The number of hydrogen-bond donors (Lipinski definition) is 3. The predicted molar refractivity (Wildman–Crippen MR) is 91.9 cm³/mol. The quantitative estimate of drug-likeness (QED) is 0.673. The van der Waals surface area contributed by atoms with E-state index in [2.05, 4.69) is 10.3 Å². The molecule has 24 heavy (non-hydrogen) atoms. The Kier molecular flexibility index (Phi) is 4.33. The fraction of sp³-hybridized carbons (Fsp3) is 0.158. The molecular weight excluding hydrogens is 304 g/mol. The summed E-state index contributed by atoms with van der Waals surface area (Å²) >= 11 is 0. The van der Waals surface area contributed by atoms with E-state index in [-0.39, 0.29) is 12.3 Å². The maximum absolute atomic E-state index is 12.6. The van der Waals surface area contributed by atoms with Crippen LogP contribution in [0.15, 0.2) is 54.7 Å². The highest BCUT2D eigenvalue weighted by atomic mass is 16.4. The number of carbonyl (C=O) groups excluding carboxylic acids is 1. The molecule has 3 aromatic rings. The molecule has 0 fully saturated rings. The van der Waals surface area contributed by atoms with Gasteiger partial charge in [-0.1, -0.05) is 30.3 Å². The Hall–Kier alpha value is -3.08. The molecule has 1 aromatic heterocycles. The first kappa shape index (κ1) is 15.8. The second-order valence-corrected chi connectivity index (χ2v) is 5.76. The van der Waals surface area contributed by atoms with E-state index in [1.807, 2.05) is 49.5 Å². The van der Waals surface area contributed by atoms with Crippen molar-refractivity contribution in [3.05, 3.63) is 71.4 Å². The summed E-state index contributed by atoms with van der Waals surface area (Å²) in [5.41, 5.74) is 3.13. The number of H-pyrrole nitrogens is 1. The molecule has 5 heteroatoms. The Bertz CT molecular complexity index is 898. The second kappa shape index (κ2) is 6.58. The van der Waals surface area contributed by atoms with Gasteiger partial charge in [0.15, 0.2) is 0 Å². The van der Waals surface area contributed by atoms with Crippen LogP contribution in [0.3, 0.4) is 0 Å². The molecule has 1 amide bonds. The van der Waals surface area contributed by atoms with Crippen molar-refractivity contribution in [2.45, 2.75) is 19.4 Å². The molecule has 122 valence electrons. The van der Waals surface area contributed by atoms with Gasteiger partial charge in [-0.2, -0.15) is 0 Å². The Morgan fingerprint density at radius 3 is 2.71 bits per heavy atom. The van der Waals surface area contributed by atoms with Gasteiger partial charge in [0.25, 0.3) is 5.91 Å². The SMILES string of the molecule is Cc1ccccc1[C@H](CC(=O)O)NC(=O)c1ccc2cc[nH]c2c1. The molecule has 0 saturated carbocycles. The number of carbonyl (C=O) groups is 2. The zero-order chi connectivity index (χ0) is 17.1. The van der Waals surface area contributed by atoms with Crippen molar-refractivity contribution < 1.29 is 14.7 Å². The van der Waals surface area contributed by atoms with E-state index in [0.29, 0.717) is 5.56 Å². The Labute approximate surface area is 139 Å². The van der Waals surface area contributed by atoms with Crippen molar-refractivity contribution in [2.75, 3.05) is 0 Å². The monoisotopic (exact) mass is 322 g/mol. The first-order valence-electron chi connectivity index (χ1n) is 7.70.